The number of fused-ring (bicyclic) bond motifs is 13. The van der Waals surface area contributed by atoms with Gasteiger partial charge in [-0.25, -0.2) is 0 Å². The van der Waals surface area contributed by atoms with Crippen LogP contribution in [-0.2, 0) is 5.41 Å². The minimum absolute atomic E-state index is 0.0894. The second-order valence-electron chi connectivity index (χ2n) is 16.7. The second kappa shape index (κ2) is 11.8. The number of rotatable bonds is 3. The van der Waals surface area contributed by atoms with E-state index in [1.54, 1.807) is 0 Å². The molecule has 0 unspecified atom stereocenters. The molecule has 0 atom stereocenters. The predicted octanol–water partition coefficient (Wildman–Crippen LogP) is 16.3. The van der Waals surface area contributed by atoms with E-state index in [1.165, 1.54) is 82.4 Å². The standard InChI is InChI=1S/C57H36O2/c1-57(2)49-21-11-9-14-37(49)46-32-53-47(31-50(46)57)48-30-45(36-13-3-8-20-44(36)56(48)59-53)33-23-25-34(26-24-33)54-40-16-4-6-18-42(40)55(43-19-7-5-17-41(43)54)35-27-28-39-38-15-10-12-22-51(38)58-52(39)29-35/h3-32H,1-2H3. The van der Waals surface area contributed by atoms with E-state index in [-0.39, 0.29) is 5.41 Å². The minimum Gasteiger partial charge on any atom is -0.456 e. The van der Waals surface area contributed by atoms with Crippen molar-refractivity contribution in [3.05, 3.63) is 193 Å². The Morgan fingerprint density at radius 1 is 0.305 bits per heavy atom. The van der Waals surface area contributed by atoms with Gasteiger partial charge in [0.25, 0.3) is 0 Å². The molecule has 276 valence electrons. The van der Waals surface area contributed by atoms with Crippen LogP contribution < -0.4 is 0 Å². The van der Waals surface area contributed by atoms with Crippen molar-refractivity contribution in [1.29, 1.82) is 0 Å². The summed E-state index contributed by atoms with van der Waals surface area (Å²) in [6.45, 7) is 4.69. The molecule has 12 aromatic rings. The first kappa shape index (κ1) is 32.6. The Morgan fingerprint density at radius 3 is 1.58 bits per heavy atom. The maximum absolute atomic E-state index is 6.79. The van der Waals surface area contributed by atoms with Crippen LogP contribution in [0.5, 0.6) is 0 Å². The summed E-state index contributed by atoms with van der Waals surface area (Å²) in [7, 11) is 0. The van der Waals surface area contributed by atoms with Crippen LogP contribution in [0.15, 0.2) is 191 Å². The lowest BCUT2D eigenvalue weighted by Gasteiger charge is -2.21. The molecule has 0 N–H and O–H groups in total. The molecule has 1 aliphatic carbocycles. The lowest BCUT2D eigenvalue weighted by atomic mass is 9.82. The van der Waals surface area contributed by atoms with E-state index in [0.29, 0.717) is 0 Å². The first-order valence-corrected chi connectivity index (χ1v) is 20.5. The van der Waals surface area contributed by atoms with Crippen molar-refractivity contribution >= 4 is 76.2 Å². The van der Waals surface area contributed by atoms with Crippen LogP contribution in [0.3, 0.4) is 0 Å². The van der Waals surface area contributed by atoms with Crippen LogP contribution in [0, 0.1) is 0 Å². The summed E-state index contributed by atoms with van der Waals surface area (Å²) in [6, 6.07) is 66.4. The zero-order valence-electron chi connectivity index (χ0n) is 32.6. The smallest absolute Gasteiger partial charge is 0.143 e. The first-order chi connectivity index (χ1) is 29.0. The average Bonchev–Trinajstić information content (AvgIpc) is 3.91. The van der Waals surface area contributed by atoms with Gasteiger partial charge in [-0.2, -0.15) is 0 Å². The van der Waals surface area contributed by atoms with Crippen LogP contribution in [0.25, 0.3) is 121 Å². The third-order valence-corrected chi connectivity index (χ3v) is 13.3. The summed E-state index contributed by atoms with van der Waals surface area (Å²) < 4.78 is 13.2. The molecule has 2 aromatic heterocycles. The fourth-order valence-corrected chi connectivity index (χ4v) is 10.5. The normalized spacial score (nSPS) is 13.4. The lowest BCUT2D eigenvalue weighted by molar-refractivity contribution is 0.658. The summed E-state index contributed by atoms with van der Waals surface area (Å²) in [5.41, 5.74) is 16.1. The van der Waals surface area contributed by atoms with E-state index in [4.69, 9.17) is 8.83 Å². The van der Waals surface area contributed by atoms with Crippen molar-refractivity contribution < 1.29 is 8.83 Å². The summed E-state index contributed by atoms with van der Waals surface area (Å²) >= 11 is 0. The summed E-state index contributed by atoms with van der Waals surface area (Å²) in [5, 5.41) is 11.8. The number of hydrogen-bond acceptors (Lipinski definition) is 2. The molecule has 0 saturated heterocycles. The molecule has 59 heavy (non-hydrogen) atoms. The van der Waals surface area contributed by atoms with E-state index in [9.17, 15) is 0 Å². The zero-order valence-corrected chi connectivity index (χ0v) is 32.6. The molecule has 0 bridgehead atoms. The van der Waals surface area contributed by atoms with Crippen molar-refractivity contribution in [2.45, 2.75) is 19.3 Å². The highest BCUT2D eigenvalue weighted by atomic mass is 16.3. The number of para-hydroxylation sites is 1. The van der Waals surface area contributed by atoms with E-state index in [0.717, 1.165) is 49.4 Å². The van der Waals surface area contributed by atoms with Gasteiger partial charge in [0, 0.05) is 32.3 Å². The molecular formula is C57H36O2. The molecule has 13 rings (SSSR count). The van der Waals surface area contributed by atoms with Crippen LogP contribution in [-0.4, -0.2) is 0 Å². The SMILES string of the molecule is CC1(C)c2ccccc2-c2cc3oc4c5ccccc5c(-c5ccc(-c6c7ccccc7c(-c7ccc8c(c7)oc7ccccc78)c7ccccc67)cc5)cc4c3cc21. The number of hydrogen-bond donors (Lipinski definition) is 0. The Balaban J connectivity index is 0.981. The summed E-state index contributed by atoms with van der Waals surface area (Å²) in [6.07, 6.45) is 0. The Kier molecular flexibility index (Phi) is 6.54. The van der Waals surface area contributed by atoms with Gasteiger partial charge in [0.15, 0.2) is 0 Å². The number of furan rings is 2. The molecule has 10 aromatic carbocycles. The van der Waals surface area contributed by atoms with Crippen LogP contribution in [0.4, 0.5) is 0 Å². The van der Waals surface area contributed by atoms with Gasteiger partial charge in [0.2, 0.25) is 0 Å². The van der Waals surface area contributed by atoms with Gasteiger partial charge >= 0.3 is 0 Å². The zero-order chi connectivity index (χ0) is 39.0. The second-order valence-corrected chi connectivity index (χ2v) is 16.7. The third-order valence-electron chi connectivity index (χ3n) is 13.3. The van der Waals surface area contributed by atoms with Crippen LogP contribution in [0.2, 0.25) is 0 Å². The van der Waals surface area contributed by atoms with Gasteiger partial charge in [-0.05, 0) is 119 Å². The average molecular weight is 753 g/mol. The van der Waals surface area contributed by atoms with Crippen molar-refractivity contribution in [2.24, 2.45) is 0 Å². The Morgan fingerprint density at radius 2 is 0.847 bits per heavy atom. The third kappa shape index (κ3) is 4.52. The van der Waals surface area contributed by atoms with Gasteiger partial charge in [-0.3, -0.25) is 0 Å². The molecule has 0 saturated carbocycles. The first-order valence-electron chi connectivity index (χ1n) is 20.5. The van der Waals surface area contributed by atoms with Gasteiger partial charge in [-0.1, -0.05) is 159 Å². The molecule has 0 fully saturated rings. The molecule has 0 spiro atoms. The van der Waals surface area contributed by atoms with Crippen LogP contribution >= 0.6 is 0 Å². The highest BCUT2D eigenvalue weighted by Crippen LogP contribution is 2.52. The van der Waals surface area contributed by atoms with Crippen LogP contribution in [0.1, 0.15) is 25.0 Å². The van der Waals surface area contributed by atoms with E-state index >= 15 is 0 Å². The lowest BCUT2D eigenvalue weighted by Crippen LogP contribution is -2.14. The fraction of sp³-hybridized carbons (Fsp3) is 0.0526. The van der Waals surface area contributed by atoms with Gasteiger partial charge in [0.05, 0.1) is 0 Å². The molecule has 1 aliphatic rings. The quantitative estimate of drug-likeness (QED) is 0.168. The molecule has 2 nitrogen and oxygen atoms in total. The van der Waals surface area contributed by atoms with Crippen molar-refractivity contribution in [3.63, 3.8) is 0 Å². The largest absolute Gasteiger partial charge is 0.456 e. The van der Waals surface area contributed by atoms with Gasteiger partial charge < -0.3 is 8.83 Å². The Bertz CT molecular complexity index is 3690. The Labute approximate surface area is 340 Å². The predicted molar refractivity (Wildman–Crippen MR) is 247 cm³/mol. The molecule has 0 radical (unpaired) electrons. The molecule has 2 heteroatoms. The molecule has 0 amide bonds. The molecule has 2 heterocycles. The van der Waals surface area contributed by atoms with E-state index in [1.807, 2.05) is 12.1 Å². The summed E-state index contributed by atoms with van der Waals surface area (Å²) in [5.74, 6) is 0. The van der Waals surface area contributed by atoms with Crippen molar-refractivity contribution in [1.82, 2.24) is 0 Å². The van der Waals surface area contributed by atoms with E-state index in [2.05, 4.69) is 184 Å². The Hall–Kier alpha value is -7.42. The molecular weight excluding hydrogens is 717 g/mol. The topological polar surface area (TPSA) is 26.3 Å². The fourth-order valence-electron chi connectivity index (χ4n) is 10.5. The monoisotopic (exact) mass is 752 g/mol. The van der Waals surface area contributed by atoms with Gasteiger partial charge in [-0.15, -0.1) is 0 Å². The summed E-state index contributed by atoms with van der Waals surface area (Å²) in [4.78, 5) is 0. The molecule has 0 aliphatic heterocycles. The van der Waals surface area contributed by atoms with Crippen molar-refractivity contribution in [2.75, 3.05) is 0 Å². The highest BCUT2D eigenvalue weighted by Gasteiger charge is 2.36. The highest BCUT2D eigenvalue weighted by molar-refractivity contribution is 6.23. The van der Waals surface area contributed by atoms with E-state index < -0.39 is 0 Å². The van der Waals surface area contributed by atoms with Crippen molar-refractivity contribution in [3.8, 4) is 44.5 Å². The minimum atomic E-state index is -0.0894. The van der Waals surface area contributed by atoms with Gasteiger partial charge in [0.1, 0.15) is 22.3 Å². The maximum atomic E-state index is 6.79. The number of benzene rings is 10. The maximum Gasteiger partial charge on any atom is 0.143 e.